The van der Waals surface area contributed by atoms with Crippen LogP contribution in [0, 0.1) is 6.92 Å². The van der Waals surface area contributed by atoms with E-state index >= 15 is 0 Å². The quantitative estimate of drug-likeness (QED) is 0.739. The second-order valence-electron chi connectivity index (χ2n) is 7.46. The van der Waals surface area contributed by atoms with Crippen molar-refractivity contribution in [3.8, 4) is 0 Å². The number of carbonyl (C=O) groups is 1. The molecule has 130 valence electrons. The highest BCUT2D eigenvalue weighted by molar-refractivity contribution is 5.94. The van der Waals surface area contributed by atoms with Gasteiger partial charge in [-0.3, -0.25) is 4.79 Å². The molecule has 0 radical (unpaired) electrons. The molecular weight excluding hydrogens is 296 g/mol. The van der Waals surface area contributed by atoms with Gasteiger partial charge in [-0.25, -0.2) is 0 Å². The fourth-order valence-corrected chi connectivity index (χ4v) is 2.99. The van der Waals surface area contributed by atoms with Crippen LogP contribution in [0.4, 0.5) is 0 Å². The van der Waals surface area contributed by atoms with Crippen LogP contribution < -0.4 is 5.73 Å². The molecule has 0 aliphatic heterocycles. The third kappa shape index (κ3) is 5.07. The largest absolute Gasteiger partial charge is 0.345 e. The van der Waals surface area contributed by atoms with E-state index in [-0.39, 0.29) is 11.3 Å². The Morgan fingerprint density at radius 3 is 2.50 bits per heavy atom. The highest BCUT2D eigenvalue weighted by atomic mass is 16.1. The normalized spacial score (nSPS) is 11.7. The zero-order valence-electron chi connectivity index (χ0n) is 15.4. The van der Waals surface area contributed by atoms with Crippen molar-refractivity contribution in [3.05, 3.63) is 58.9 Å². The minimum absolute atomic E-state index is 0.179. The molecular formula is C21H30N2O. The van der Waals surface area contributed by atoms with Crippen molar-refractivity contribution in [2.24, 2.45) is 12.8 Å². The molecule has 1 heterocycles. The van der Waals surface area contributed by atoms with E-state index in [9.17, 15) is 4.79 Å². The topological polar surface area (TPSA) is 48.0 Å². The number of aryl methyl sites for hydroxylation is 3. The first kappa shape index (κ1) is 18.5. The number of nitrogens with zero attached hydrogens (tertiary/aromatic N) is 1. The Morgan fingerprint density at radius 1 is 1.12 bits per heavy atom. The minimum atomic E-state index is -0.179. The van der Waals surface area contributed by atoms with Crippen molar-refractivity contribution >= 4 is 5.78 Å². The Morgan fingerprint density at radius 2 is 1.83 bits per heavy atom. The van der Waals surface area contributed by atoms with E-state index in [1.54, 1.807) is 0 Å². The number of Topliss-reactive ketones (excluding diaryl/α,β-unsaturated/α-hetero) is 1. The lowest BCUT2D eigenvalue weighted by atomic mass is 9.99. The number of benzene rings is 1. The number of hydrogen-bond acceptors (Lipinski definition) is 2. The van der Waals surface area contributed by atoms with Gasteiger partial charge in [0, 0.05) is 24.7 Å². The third-order valence-electron chi connectivity index (χ3n) is 4.65. The first-order chi connectivity index (χ1) is 11.3. The molecule has 2 N–H and O–H groups in total. The molecule has 0 atom stereocenters. The van der Waals surface area contributed by atoms with Gasteiger partial charge in [0.15, 0.2) is 5.78 Å². The lowest BCUT2D eigenvalue weighted by Gasteiger charge is -2.18. The van der Waals surface area contributed by atoms with Gasteiger partial charge in [-0.2, -0.15) is 0 Å². The Bertz CT molecular complexity index is 692. The average molecular weight is 326 g/mol. The van der Waals surface area contributed by atoms with Crippen LogP contribution >= 0.6 is 0 Å². The second kappa shape index (κ2) is 7.80. The van der Waals surface area contributed by atoms with Gasteiger partial charge in [-0.05, 0) is 69.7 Å². The first-order valence-corrected chi connectivity index (χ1v) is 8.79. The summed E-state index contributed by atoms with van der Waals surface area (Å²) in [6.07, 6.45) is 4.24. The maximum absolute atomic E-state index is 12.5. The molecule has 2 aromatic rings. The predicted octanol–water partition coefficient (Wildman–Crippen LogP) is 4.21. The lowest BCUT2D eigenvalue weighted by molar-refractivity contribution is 0.0972. The number of carbonyl (C=O) groups excluding carboxylic acids is 1. The van der Waals surface area contributed by atoms with Gasteiger partial charge >= 0.3 is 0 Å². The molecule has 0 bridgehead atoms. The smallest absolute Gasteiger partial charge is 0.179 e. The summed E-state index contributed by atoms with van der Waals surface area (Å²) in [5, 5.41) is 0. The summed E-state index contributed by atoms with van der Waals surface area (Å²) in [5.74, 6) is 0.226. The highest BCUT2D eigenvalue weighted by Gasteiger charge is 2.15. The molecule has 0 unspecified atom stereocenters. The van der Waals surface area contributed by atoms with Crippen molar-refractivity contribution in [2.45, 2.75) is 58.4 Å². The van der Waals surface area contributed by atoms with Gasteiger partial charge in [-0.15, -0.1) is 0 Å². The summed E-state index contributed by atoms with van der Waals surface area (Å²) in [5.41, 5.74) is 10.5. The van der Waals surface area contributed by atoms with Crippen LogP contribution in [0.25, 0.3) is 0 Å². The Hall–Kier alpha value is -1.87. The van der Waals surface area contributed by atoms with Crippen LogP contribution in [0.3, 0.4) is 0 Å². The van der Waals surface area contributed by atoms with Crippen LogP contribution in [0.5, 0.6) is 0 Å². The number of hydrogen-bond donors (Lipinski definition) is 1. The Balaban J connectivity index is 1.91. The van der Waals surface area contributed by atoms with E-state index in [1.807, 2.05) is 31.5 Å². The van der Waals surface area contributed by atoms with Crippen molar-refractivity contribution < 1.29 is 4.79 Å². The average Bonchev–Trinajstić information content (AvgIpc) is 2.87. The molecule has 2 rings (SSSR count). The number of aromatic nitrogens is 1. The molecule has 1 aromatic carbocycles. The zero-order chi connectivity index (χ0) is 17.7. The van der Waals surface area contributed by atoms with Crippen molar-refractivity contribution in [1.82, 2.24) is 4.57 Å². The van der Waals surface area contributed by atoms with Gasteiger partial charge in [0.25, 0.3) is 0 Å². The minimum Gasteiger partial charge on any atom is -0.345 e. The fraction of sp³-hybridized carbons (Fsp3) is 0.476. The van der Waals surface area contributed by atoms with E-state index in [4.69, 9.17) is 5.73 Å². The molecule has 0 amide bonds. The fourth-order valence-electron chi connectivity index (χ4n) is 2.99. The van der Waals surface area contributed by atoms with E-state index in [2.05, 4.69) is 37.3 Å². The van der Waals surface area contributed by atoms with E-state index in [0.717, 1.165) is 31.4 Å². The summed E-state index contributed by atoms with van der Waals surface area (Å²) in [7, 11) is 1.98. The van der Waals surface area contributed by atoms with Crippen LogP contribution in [0.15, 0.2) is 36.4 Å². The number of nitrogens with two attached hydrogens (primary N) is 1. The SMILES string of the molecule is Cc1ccccc1CCCC(=O)c1ccc(CCC(C)(C)N)n1C. The van der Waals surface area contributed by atoms with Crippen molar-refractivity contribution in [2.75, 3.05) is 0 Å². The maximum atomic E-state index is 12.5. The van der Waals surface area contributed by atoms with Gasteiger partial charge in [0.2, 0.25) is 0 Å². The summed E-state index contributed by atoms with van der Waals surface area (Å²) in [4.78, 5) is 12.5. The standard InChI is InChI=1S/C21H30N2O/c1-16-8-5-6-9-17(16)10-7-11-20(24)19-13-12-18(23(19)4)14-15-21(2,3)22/h5-6,8-9,12-13H,7,10-11,14-15,22H2,1-4H3. The highest BCUT2D eigenvalue weighted by Crippen LogP contribution is 2.17. The molecule has 0 spiro atoms. The molecule has 0 fully saturated rings. The van der Waals surface area contributed by atoms with Crippen molar-refractivity contribution in [3.63, 3.8) is 0 Å². The second-order valence-corrected chi connectivity index (χ2v) is 7.46. The van der Waals surface area contributed by atoms with E-state index < -0.39 is 0 Å². The molecule has 0 aliphatic rings. The molecule has 0 saturated carbocycles. The zero-order valence-corrected chi connectivity index (χ0v) is 15.4. The summed E-state index contributed by atoms with van der Waals surface area (Å²) >= 11 is 0. The van der Waals surface area contributed by atoms with Crippen LogP contribution in [-0.4, -0.2) is 15.9 Å². The Kier molecular flexibility index (Phi) is 6.00. The molecule has 3 heteroatoms. The van der Waals surface area contributed by atoms with Crippen LogP contribution in [0.2, 0.25) is 0 Å². The molecule has 0 aliphatic carbocycles. The van der Waals surface area contributed by atoms with Crippen molar-refractivity contribution in [1.29, 1.82) is 0 Å². The molecule has 0 saturated heterocycles. The van der Waals surface area contributed by atoms with Gasteiger partial charge in [0.1, 0.15) is 0 Å². The molecule has 1 aromatic heterocycles. The Labute approximate surface area is 145 Å². The molecule has 3 nitrogen and oxygen atoms in total. The third-order valence-corrected chi connectivity index (χ3v) is 4.65. The number of ketones is 1. The van der Waals surface area contributed by atoms with Gasteiger partial charge < -0.3 is 10.3 Å². The van der Waals surface area contributed by atoms with Gasteiger partial charge in [-0.1, -0.05) is 24.3 Å². The lowest BCUT2D eigenvalue weighted by Crippen LogP contribution is -2.32. The monoisotopic (exact) mass is 326 g/mol. The molecule has 24 heavy (non-hydrogen) atoms. The van der Waals surface area contributed by atoms with Crippen LogP contribution in [-0.2, 0) is 19.9 Å². The summed E-state index contributed by atoms with van der Waals surface area (Å²) < 4.78 is 2.03. The van der Waals surface area contributed by atoms with Gasteiger partial charge in [0.05, 0.1) is 5.69 Å². The summed E-state index contributed by atoms with van der Waals surface area (Å²) in [6, 6.07) is 12.4. The summed E-state index contributed by atoms with van der Waals surface area (Å²) in [6.45, 7) is 6.20. The van der Waals surface area contributed by atoms with E-state index in [1.165, 1.54) is 16.8 Å². The predicted molar refractivity (Wildman–Crippen MR) is 100 cm³/mol. The van der Waals surface area contributed by atoms with Crippen LogP contribution in [0.1, 0.15) is 60.4 Å². The maximum Gasteiger partial charge on any atom is 0.179 e. The number of rotatable bonds is 8. The van der Waals surface area contributed by atoms with E-state index in [0.29, 0.717) is 6.42 Å². The first-order valence-electron chi connectivity index (χ1n) is 8.79.